The molecule has 0 radical (unpaired) electrons. The number of unbranched alkanes of at least 4 members (excludes halogenated alkanes) is 8. The highest BCUT2D eigenvalue weighted by Crippen LogP contribution is 2.29. The van der Waals surface area contributed by atoms with Crippen LogP contribution in [0.3, 0.4) is 0 Å². The Morgan fingerprint density at radius 1 is 0.821 bits per heavy atom. The van der Waals surface area contributed by atoms with Gasteiger partial charge in [-0.2, -0.15) is 13.2 Å². The molecule has 0 saturated carbocycles. The minimum Gasteiger partial charge on any atom is -0.347 e. The summed E-state index contributed by atoms with van der Waals surface area (Å²) in [6.07, 6.45) is 6.44. The standard InChI is InChI=1S/C21H31F3N2O2/c1-2-3-4-5-6-7-8-9-10-11-19(27)25-16-20(28)26-18-14-12-17(13-15-18)21(22,23)24/h12-15H,2-11,16H2,1H3,(H,25,27)(H,26,28). The summed E-state index contributed by atoms with van der Waals surface area (Å²) in [6.45, 7) is 2.00. The quantitative estimate of drug-likeness (QED) is 0.419. The summed E-state index contributed by atoms with van der Waals surface area (Å²) >= 11 is 0. The molecule has 0 atom stereocenters. The Bertz CT molecular complexity index is 586. The van der Waals surface area contributed by atoms with Crippen molar-refractivity contribution in [1.82, 2.24) is 5.32 Å². The molecule has 2 amide bonds. The first-order chi connectivity index (χ1) is 13.3. The number of hydrogen-bond acceptors (Lipinski definition) is 2. The zero-order chi connectivity index (χ0) is 20.8. The highest BCUT2D eigenvalue weighted by molar-refractivity contribution is 5.94. The van der Waals surface area contributed by atoms with Crippen molar-refractivity contribution in [2.24, 2.45) is 0 Å². The van der Waals surface area contributed by atoms with E-state index in [0.29, 0.717) is 6.42 Å². The van der Waals surface area contributed by atoms with Crippen LogP contribution in [-0.2, 0) is 15.8 Å². The van der Waals surface area contributed by atoms with Crippen molar-refractivity contribution in [3.63, 3.8) is 0 Å². The van der Waals surface area contributed by atoms with Gasteiger partial charge in [-0.25, -0.2) is 0 Å². The molecule has 0 aliphatic carbocycles. The zero-order valence-corrected chi connectivity index (χ0v) is 16.5. The van der Waals surface area contributed by atoms with Crippen molar-refractivity contribution in [3.8, 4) is 0 Å². The first-order valence-electron chi connectivity index (χ1n) is 10.1. The maximum absolute atomic E-state index is 12.5. The lowest BCUT2D eigenvalue weighted by Crippen LogP contribution is -2.32. The molecule has 0 bridgehead atoms. The summed E-state index contributed by atoms with van der Waals surface area (Å²) in [5.41, 5.74) is -0.522. The van der Waals surface area contributed by atoms with Crippen LogP contribution in [0.25, 0.3) is 0 Å². The van der Waals surface area contributed by atoms with E-state index in [1.165, 1.54) is 50.7 Å². The molecule has 28 heavy (non-hydrogen) atoms. The van der Waals surface area contributed by atoms with Gasteiger partial charge in [-0.15, -0.1) is 0 Å². The minimum absolute atomic E-state index is 0.189. The molecule has 1 aromatic carbocycles. The third kappa shape index (κ3) is 10.9. The average molecular weight is 400 g/mol. The van der Waals surface area contributed by atoms with E-state index in [4.69, 9.17) is 0 Å². The van der Waals surface area contributed by atoms with Crippen LogP contribution in [-0.4, -0.2) is 18.4 Å². The molecule has 4 nitrogen and oxygen atoms in total. The number of carbonyl (C=O) groups excluding carboxylic acids is 2. The highest BCUT2D eigenvalue weighted by atomic mass is 19.4. The topological polar surface area (TPSA) is 58.2 Å². The second kappa shape index (κ2) is 13.2. The van der Waals surface area contributed by atoms with Crippen LogP contribution in [0, 0.1) is 0 Å². The summed E-state index contributed by atoms with van der Waals surface area (Å²) in [4.78, 5) is 23.5. The molecule has 0 saturated heterocycles. The molecular formula is C21H31F3N2O2. The van der Waals surface area contributed by atoms with Crippen molar-refractivity contribution < 1.29 is 22.8 Å². The van der Waals surface area contributed by atoms with Crippen molar-refractivity contribution >= 4 is 17.5 Å². The van der Waals surface area contributed by atoms with E-state index >= 15 is 0 Å². The summed E-state index contributed by atoms with van der Waals surface area (Å²) in [5, 5.41) is 4.99. The van der Waals surface area contributed by atoms with Gasteiger partial charge >= 0.3 is 6.18 Å². The summed E-state index contributed by atoms with van der Waals surface area (Å²) in [5.74, 6) is -0.661. The molecule has 1 rings (SSSR count). The Balaban J connectivity index is 2.10. The first kappa shape index (κ1) is 24.0. The molecule has 2 N–H and O–H groups in total. The normalized spacial score (nSPS) is 11.3. The van der Waals surface area contributed by atoms with E-state index in [0.717, 1.165) is 31.4 Å². The number of anilines is 1. The molecule has 0 spiro atoms. The Kier molecular flexibility index (Phi) is 11.3. The number of benzene rings is 1. The SMILES string of the molecule is CCCCCCCCCCCC(=O)NCC(=O)Nc1ccc(C(F)(F)F)cc1. The van der Waals surface area contributed by atoms with Crippen LogP contribution < -0.4 is 10.6 Å². The number of halogens is 3. The van der Waals surface area contributed by atoms with Gasteiger partial charge < -0.3 is 10.6 Å². The number of amides is 2. The van der Waals surface area contributed by atoms with Crippen LogP contribution in [0.15, 0.2) is 24.3 Å². The molecule has 0 unspecified atom stereocenters. The predicted octanol–water partition coefficient (Wildman–Crippen LogP) is 5.68. The van der Waals surface area contributed by atoms with Crippen molar-refractivity contribution in [2.75, 3.05) is 11.9 Å². The fraction of sp³-hybridized carbons (Fsp3) is 0.619. The van der Waals surface area contributed by atoms with Crippen LogP contribution >= 0.6 is 0 Å². The second-order valence-corrected chi connectivity index (χ2v) is 6.98. The van der Waals surface area contributed by atoms with Gasteiger partial charge in [-0.3, -0.25) is 9.59 Å². The summed E-state index contributed by atoms with van der Waals surface area (Å²) in [6, 6.07) is 4.17. The molecule has 0 aromatic heterocycles. The Hall–Kier alpha value is -2.05. The number of alkyl halides is 3. The van der Waals surface area contributed by atoms with Crippen LogP contribution in [0.5, 0.6) is 0 Å². The van der Waals surface area contributed by atoms with Gasteiger partial charge in [0.15, 0.2) is 0 Å². The molecule has 7 heteroatoms. The van der Waals surface area contributed by atoms with Crippen LogP contribution in [0.1, 0.15) is 76.7 Å². The largest absolute Gasteiger partial charge is 0.416 e. The van der Waals surface area contributed by atoms with Gasteiger partial charge in [0.1, 0.15) is 0 Å². The maximum Gasteiger partial charge on any atom is 0.416 e. The van der Waals surface area contributed by atoms with Crippen LogP contribution in [0.2, 0.25) is 0 Å². The lowest BCUT2D eigenvalue weighted by molar-refractivity contribution is -0.137. The lowest BCUT2D eigenvalue weighted by Gasteiger charge is -2.09. The third-order valence-electron chi connectivity index (χ3n) is 4.45. The molecule has 0 heterocycles. The summed E-state index contributed by atoms with van der Waals surface area (Å²) < 4.78 is 37.5. The summed E-state index contributed by atoms with van der Waals surface area (Å²) in [7, 11) is 0. The lowest BCUT2D eigenvalue weighted by atomic mass is 10.1. The fourth-order valence-corrected chi connectivity index (χ4v) is 2.81. The van der Waals surface area contributed by atoms with Crippen LogP contribution in [0.4, 0.5) is 18.9 Å². The van der Waals surface area contributed by atoms with E-state index in [2.05, 4.69) is 17.6 Å². The average Bonchev–Trinajstić information content (AvgIpc) is 2.65. The zero-order valence-electron chi connectivity index (χ0n) is 16.5. The van der Waals surface area contributed by atoms with Crippen molar-refractivity contribution in [1.29, 1.82) is 0 Å². The van der Waals surface area contributed by atoms with Gasteiger partial charge in [-0.05, 0) is 30.7 Å². The van der Waals surface area contributed by atoms with Crippen molar-refractivity contribution in [3.05, 3.63) is 29.8 Å². The number of nitrogens with one attached hydrogen (secondary N) is 2. The molecule has 0 aliphatic rings. The number of carbonyl (C=O) groups is 2. The molecule has 0 aliphatic heterocycles. The number of rotatable bonds is 13. The first-order valence-corrected chi connectivity index (χ1v) is 10.1. The van der Waals surface area contributed by atoms with Gasteiger partial charge in [0.2, 0.25) is 11.8 Å². The van der Waals surface area contributed by atoms with Gasteiger partial charge in [0, 0.05) is 12.1 Å². The fourth-order valence-electron chi connectivity index (χ4n) is 2.81. The Morgan fingerprint density at radius 2 is 1.36 bits per heavy atom. The molecular weight excluding hydrogens is 369 g/mol. The predicted molar refractivity (Wildman–Crippen MR) is 105 cm³/mol. The highest BCUT2D eigenvalue weighted by Gasteiger charge is 2.29. The molecule has 1 aromatic rings. The van der Waals surface area contributed by atoms with Crippen molar-refractivity contribution in [2.45, 2.75) is 77.3 Å². The van der Waals surface area contributed by atoms with Gasteiger partial charge in [0.25, 0.3) is 0 Å². The molecule has 0 fully saturated rings. The molecule has 158 valence electrons. The second-order valence-electron chi connectivity index (χ2n) is 6.98. The minimum atomic E-state index is -4.41. The van der Waals surface area contributed by atoms with E-state index in [1.54, 1.807) is 0 Å². The smallest absolute Gasteiger partial charge is 0.347 e. The van der Waals surface area contributed by atoms with Gasteiger partial charge in [-0.1, -0.05) is 58.3 Å². The van der Waals surface area contributed by atoms with Gasteiger partial charge in [0.05, 0.1) is 12.1 Å². The van der Waals surface area contributed by atoms with E-state index in [-0.39, 0.29) is 18.1 Å². The Morgan fingerprint density at radius 3 is 1.89 bits per heavy atom. The van der Waals surface area contributed by atoms with E-state index in [9.17, 15) is 22.8 Å². The van der Waals surface area contributed by atoms with E-state index < -0.39 is 17.6 Å². The maximum atomic E-state index is 12.5. The van der Waals surface area contributed by atoms with E-state index in [1.807, 2.05) is 0 Å². The third-order valence-corrected chi connectivity index (χ3v) is 4.45. The monoisotopic (exact) mass is 400 g/mol. The Labute approximate surface area is 165 Å². The number of hydrogen-bond donors (Lipinski definition) is 2.